The van der Waals surface area contributed by atoms with Gasteiger partial charge in [-0.15, -0.1) is 0 Å². The Morgan fingerprint density at radius 2 is 1.84 bits per heavy atom. The molecule has 0 aliphatic heterocycles. The molecule has 1 aliphatic carbocycles. The normalized spacial score (nSPS) is 16.2. The lowest BCUT2D eigenvalue weighted by Crippen LogP contribution is -2.20. The van der Waals surface area contributed by atoms with Crippen molar-refractivity contribution in [2.45, 2.75) is 60.8 Å². The molecule has 3 rings (SSSR count). The van der Waals surface area contributed by atoms with Crippen LogP contribution in [-0.2, 0) is 4.79 Å². The summed E-state index contributed by atoms with van der Waals surface area (Å²) in [6.07, 6.45) is 10.8. The first-order valence-electron chi connectivity index (χ1n) is 11.4. The highest BCUT2D eigenvalue weighted by Gasteiger charge is 2.29. The lowest BCUT2D eigenvalue weighted by atomic mass is 9.80. The van der Waals surface area contributed by atoms with E-state index in [4.69, 9.17) is 4.98 Å². The minimum atomic E-state index is -0.317. The predicted octanol–water partition coefficient (Wildman–Crippen LogP) is 6.07. The van der Waals surface area contributed by atoms with E-state index >= 15 is 0 Å². The highest BCUT2D eigenvalue weighted by Crippen LogP contribution is 2.34. The van der Waals surface area contributed by atoms with E-state index in [1.807, 2.05) is 25.3 Å². The zero-order valence-corrected chi connectivity index (χ0v) is 20.1. The summed E-state index contributed by atoms with van der Waals surface area (Å²) in [5.41, 5.74) is 5.15. The maximum absolute atomic E-state index is 12.0. The van der Waals surface area contributed by atoms with Crippen LogP contribution in [0.4, 0.5) is 5.82 Å². The van der Waals surface area contributed by atoms with Crippen molar-refractivity contribution < 1.29 is 9.90 Å². The van der Waals surface area contributed by atoms with Crippen LogP contribution in [0.5, 0.6) is 0 Å². The molecule has 2 N–H and O–H groups in total. The molecular weight excluding hydrogens is 398 g/mol. The number of carbonyl (C=O) groups excluding carboxylic acids is 1. The Balaban J connectivity index is 1.92. The van der Waals surface area contributed by atoms with Gasteiger partial charge in [0.2, 0.25) is 5.91 Å². The van der Waals surface area contributed by atoms with Gasteiger partial charge in [0.1, 0.15) is 5.82 Å². The molecule has 32 heavy (non-hydrogen) atoms. The maximum Gasteiger partial charge on any atom is 0.228 e. The van der Waals surface area contributed by atoms with Gasteiger partial charge in [-0.1, -0.05) is 38.5 Å². The summed E-state index contributed by atoms with van der Waals surface area (Å²) in [5.74, 6) is 0.767. The number of amides is 1. The fraction of sp³-hybridized carbons (Fsp3) is 0.444. The lowest BCUT2D eigenvalue weighted by Gasteiger charge is -2.27. The van der Waals surface area contributed by atoms with Crippen LogP contribution in [0.15, 0.2) is 53.4 Å². The molecule has 0 spiro atoms. The zero-order valence-electron chi connectivity index (χ0n) is 20.1. The minimum Gasteiger partial charge on any atom is -0.395 e. The minimum absolute atomic E-state index is 0.0513. The average molecular weight is 434 g/mol. The van der Waals surface area contributed by atoms with Crippen molar-refractivity contribution in [2.75, 3.05) is 11.9 Å². The van der Waals surface area contributed by atoms with Crippen molar-refractivity contribution in [3.8, 4) is 0 Å². The molecule has 0 saturated heterocycles. The fourth-order valence-electron chi connectivity index (χ4n) is 3.87. The highest BCUT2D eigenvalue weighted by atomic mass is 16.3. The Hall–Kier alpha value is -2.79. The molecule has 1 fully saturated rings. The second kappa shape index (κ2) is 9.78. The second-order valence-electron chi connectivity index (χ2n) is 9.37. The van der Waals surface area contributed by atoms with Gasteiger partial charge >= 0.3 is 0 Å². The number of aliphatic hydroxyl groups excluding tert-OH is 1. The lowest BCUT2D eigenvalue weighted by molar-refractivity contribution is -0.117. The Labute approximate surface area is 191 Å². The molecule has 1 saturated carbocycles. The quantitative estimate of drug-likeness (QED) is 0.495. The van der Waals surface area contributed by atoms with E-state index in [1.54, 1.807) is 6.20 Å². The first-order chi connectivity index (χ1) is 15.2. The molecule has 0 unspecified atom stereocenters. The van der Waals surface area contributed by atoms with Crippen molar-refractivity contribution in [2.24, 2.45) is 11.3 Å². The molecule has 0 atom stereocenters. The molecule has 0 bridgehead atoms. The monoisotopic (exact) mass is 433 g/mol. The van der Waals surface area contributed by atoms with Crippen LogP contribution in [0.2, 0.25) is 0 Å². The van der Waals surface area contributed by atoms with E-state index in [1.165, 1.54) is 5.57 Å². The predicted molar refractivity (Wildman–Crippen MR) is 132 cm³/mol. The van der Waals surface area contributed by atoms with Gasteiger partial charge in [0.05, 0.1) is 12.3 Å². The van der Waals surface area contributed by atoms with Crippen LogP contribution in [0.1, 0.15) is 66.5 Å². The fourth-order valence-corrected chi connectivity index (χ4v) is 3.87. The van der Waals surface area contributed by atoms with E-state index in [-0.39, 0.29) is 23.8 Å². The van der Waals surface area contributed by atoms with Gasteiger partial charge in [-0.2, -0.15) is 0 Å². The number of allylic oxidation sites excluding steroid dienone is 5. The molecule has 5 heteroatoms. The van der Waals surface area contributed by atoms with Gasteiger partial charge in [-0.3, -0.25) is 9.78 Å². The number of hydrogen-bond acceptors (Lipinski definition) is 4. The Morgan fingerprint density at radius 3 is 2.44 bits per heavy atom. The van der Waals surface area contributed by atoms with Crippen molar-refractivity contribution >= 4 is 28.1 Å². The number of pyridine rings is 2. The number of hydrogen-bond donors (Lipinski definition) is 2. The van der Waals surface area contributed by atoms with Crippen LogP contribution in [0.25, 0.3) is 16.3 Å². The number of aromatic nitrogens is 2. The average Bonchev–Trinajstić information content (AvgIpc) is 3.63. The van der Waals surface area contributed by atoms with Crippen LogP contribution >= 0.6 is 0 Å². The van der Waals surface area contributed by atoms with Crippen molar-refractivity contribution in [1.29, 1.82) is 0 Å². The summed E-state index contributed by atoms with van der Waals surface area (Å²) in [4.78, 5) is 21.1. The molecule has 2 aromatic rings. The van der Waals surface area contributed by atoms with Gasteiger partial charge in [0, 0.05) is 34.5 Å². The van der Waals surface area contributed by atoms with E-state index < -0.39 is 0 Å². The van der Waals surface area contributed by atoms with Gasteiger partial charge < -0.3 is 10.4 Å². The highest BCUT2D eigenvalue weighted by molar-refractivity contribution is 5.95. The number of fused-ring (bicyclic) bond motifs is 1. The molecule has 1 amide bonds. The maximum atomic E-state index is 12.0. The number of nitrogens with zero attached hydrogens (tertiary/aromatic N) is 2. The zero-order chi connectivity index (χ0) is 23.5. The van der Waals surface area contributed by atoms with Crippen LogP contribution in [0.3, 0.4) is 0 Å². The third-order valence-corrected chi connectivity index (χ3v) is 6.27. The standard InChI is InChI=1S/C27H35N3O2/c1-7-17(3)23(27(5,6)16-31)11-18(4)22(8-2)24-12-20-15-29-25(13-21(20)14-28-24)30-26(32)19-9-10-19/h8,11-15,19,31H,7,9-10,16H2,1-6H3,(H,29,30,32)/b18-11-,22-8+,23-17-. The number of anilines is 1. The topological polar surface area (TPSA) is 75.1 Å². The van der Waals surface area contributed by atoms with E-state index in [2.05, 4.69) is 57.1 Å². The number of nitrogens with one attached hydrogen (secondary N) is 1. The Kier molecular flexibility index (Phi) is 7.29. The van der Waals surface area contributed by atoms with Crippen molar-refractivity contribution in [3.05, 3.63) is 59.1 Å². The van der Waals surface area contributed by atoms with Crippen LogP contribution in [-0.4, -0.2) is 27.6 Å². The first-order valence-corrected chi connectivity index (χ1v) is 11.4. The molecule has 2 aromatic heterocycles. The van der Waals surface area contributed by atoms with E-state index in [0.717, 1.165) is 52.4 Å². The third-order valence-electron chi connectivity index (χ3n) is 6.27. The van der Waals surface area contributed by atoms with Crippen molar-refractivity contribution in [1.82, 2.24) is 9.97 Å². The molecule has 2 heterocycles. The molecule has 1 aliphatic rings. The SMILES string of the molecule is C\C=C(/C(C)=C\C(=C(/C)CC)C(C)(C)CO)c1cc2cnc(NC(=O)C3CC3)cc2cn1. The van der Waals surface area contributed by atoms with E-state index in [0.29, 0.717) is 5.82 Å². The summed E-state index contributed by atoms with van der Waals surface area (Å²) < 4.78 is 0. The van der Waals surface area contributed by atoms with Gasteiger partial charge in [0.25, 0.3) is 0 Å². The summed E-state index contributed by atoms with van der Waals surface area (Å²) in [5, 5.41) is 14.8. The number of rotatable bonds is 8. The number of aliphatic hydroxyl groups is 1. The molecular formula is C27H35N3O2. The van der Waals surface area contributed by atoms with E-state index in [9.17, 15) is 9.90 Å². The third kappa shape index (κ3) is 5.33. The molecule has 5 nitrogen and oxygen atoms in total. The van der Waals surface area contributed by atoms with Gasteiger partial charge in [0.15, 0.2) is 0 Å². The van der Waals surface area contributed by atoms with Crippen LogP contribution < -0.4 is 5.32 Å². The van der Waals surface area contributed by atoms with Crippen molar-refractivity contribution in [3.63, 3.8) is 0 Å². The Morgan fingerprint density at radius 1 is 1.19 bits per heavy atom. The molecule has 170 valence electrons. The summed E-state index contributed by atoms with van der Waals surface area (Å²) in [6.45, 7) is 12.6. The largest absolute Gasteiger partial charge is 0.395 e. The summed E-state index contributed by atoms with van der Waals surface area (Å²) in [7, 11) is 0. The first kappa shape index (κ1) is 23.9. The van der Waals surface area contributed by atoms with Gasteiger partial charge in [-0.05, 0) is 68.9 Å². The smallest absolute Gasteiger partial charge is 0.228 e. The van der Waals surface area contributed by atoms with Crippen LogP contribution in [0, 0.1) is 11.3 Å². The Bertz CT molecular complexity index is 1110. The van der Waals surface area contributed by atoms with Gasteiger partial charge in [-0.25, -0.2) is 4.98 Å². The second-order valence-corrected chi connectivity index (χ2v) is 9.37. The molecule has 0 aromatic carbocycles. The molecule has 0 radical (unpaired) electrons. The summed E-state index contributed by atoms with van der Waals surface area (Å²) in [6, 6.07) is 3.91. The summed E-state index contributed by atoms with van der Waals surface area (Å²) >= 11 is 0. The number of carbonyl (C=O) groups is 1.